The van der Waals surface area contributed by atoms with Crippen LogP contribution < -0.4 is 5.32 Å². The summed E-state index contributed by atoms with van der Waals surface area (Å²) in [7, 11) is 0. The minimum absolute atomic E-state index is 0.169. The van der Waals surface area contributed by atoms with Gasteiger partial charge in [0.25, 0.3) is 0 Å². The summed E-state index contributed by atoms with van der Waals surface area (Å²) in [5.41, 5.74) is 0.739. The molecule has 1 unspecified atom stereocenters. The topological polar surface area (TPSA) is 108 Å². The normalized spacial score (nSPS) is 12.0. The van der Waals surface area contributed by atoms with Crippen molar-refractivity contribution in [2.75, 3.05) is 5.32 Å². The van der Waals surface area contributed by atoms with Crippen molar-refractivity contribution in [3.8, 4) is 0 Å². The second-order valence-electron chi connectivity index (χ2n) is 6.00. The Labute approximate surface area is 170 Å². The van der Waals surface area contributed by atoms with E-state index < -0.39 is 11.0 Å². The van der Waals surface area contributed by atoms with Gasteiger partial charge in [-0.25, -0.2) is 0 Å². The van der Waals surface area contributed by atoms with Crippen molar-refractivity contribution >= 4 is 40.6 Å². The molecule has 1 amide bonds. The van der Waals surface area contributed by atoms with Crippen LogP contribution >= 0.6 is 23.2 Å². The molecule has 3 aromatic rings. The highest BCUT2D eigenvalue weighted by atomic mass is 35.5. The molecule has 0 saturated heterocycles. The van der Waals surface area contributed by atoms with Gasteiger partial charge in [-0.2, -0.15) is 10.2 Å². The predicted octanol–water partition coefficient (Wildman–Crippen LogP) is 3.93. The maximum absolute atomic E-state index is 12.5. The van der Waals surface area contributed by atoms with Crippen LogP contribution in [0.4, 0.5) is 11.5 Å². The first-order chi connectivity index (χ1) is 13.4. The minimum Gasteiger partial charge on any atom is -0.307 e. The Balaban J connectivity index is 1.68. The van der Waals surface area contributed by atoms with Crippen LogP contribution in [0.5, 0.6) is 0 Å². The molecule has 11 heteroatoms. The van der Waals surface area contributed by atoms with Crippen molar-refractivity contribution in [1.82, 2.24) is 19.6 Å². The van der Waals surface area contributed by atoms with Crippen molar-refractivity contribution < 1.29 is 9.72 Å². The molecule has 2 aromatic heterocycles. The summed E-state index contributed by atoms with van der Waals surface area (Å²) in [6.07, 6.45) is 4.48. The van der Waals surface area contributed by atoms with Crippen LogP contribution in [0.2, 0.25) is 10.0 Å². The van der Waals surface area contributed by atoms with E-state index in [9.17, 15) is 14.9 Å². The molecular formula is C17H16Cl2N6O3. The summed E-state index contributed by atoms with van der Waals surface area (Å²) < 4.78 is 2.93. The van der Waals surface area contributed by atoms with Gasteiger partial charge >= 0.3 is 5.69 Å². The van der Waals surface area contributed by atoms with Gasteiger partial charge in [0, 0.05) is 12.3 Å². The van der Waals surface area contributed by atoms with Gasteiger partial charge in [-0.3, -0.25) is 24.3 Å². The number of halogens is 2. The van der Waals surface area contributed by atoms with Crippen molar-refractivity contribution in [2.45, 2.75) is 25.9 Å². The molecule has 0 aliphatic heterocycles. The zero-order chi connectivity index (χ0) is 20.3. The fourth-order valence-electron chi connectivity index (χ4n) is 2.64. The van der Waals surface area contributed by atoms with Crippen molar-refractivity contribution in [2.24, 2.45) is 0 Å². The Bertz CT molecular complexity index is 1020. The van der Waals surface area contributed by atoms with E-state index >= 15 is 0 Å². The minimum atomic E-state index is -0.686. The largest absolute Gasteiger partial charge is 0.307 e. The van der Waals surface area contributed by atoms with E-state index in [0.29, 0.717) is 28.8 Å². The summed E-state index contributed by atoms with van der Waals surface area (Å²) in [6.45, 7) is 2.25. The quantitative estimate of drug-likeness (QED) is 0.458. The van der Waals surface area contributed by atoms with Gasteiger partial charge in [-0.1, -0.05) is 36.2 Å². The first-order valence-corrected chi connectivity index (χ1v) is 9.09. The number of amides is 1. The first-order valence-electron chi connectivity index (χ1n) is 8.34. The molecular weight excluding hydrogens is 407 g/mol. The standard InChI is InChI=1S/C17H16Cl2N6O3/c1-2-15(24-10-12(8-20-24)25(27)28)17(26)21-16-5-6-23(22-16)9-11-3-4-13(18)14(19)7-11/h3-8,10,15H,2,9H2,1H3,(H,21,22,26). The van der Waals surface area contributed by atoms with Crippen LogP contribution in [-0.2, 0) is 11.3 Å². The Morgan fingerprint density at radius 3 is 2.75 bits per heavy atom. The van der Waals surface area contributed by atoms with Gasteiger partial charge in [-0.15, -0.1) is 0 Å². The van der Waals surface area contributed by atoms with Crippen LogP contribution in [0.15, 0.2) is 42.9 Å². The summed E-state index contributed by atoms with van der Waals surface area (Å²) in [5.74, 6) is 0.00505. The fraction of sp³-hybridized carbons (Fsp3) is 0.235. The number of aromatic nitrogens is 4. The van der Waals surface area contributed by atoms with E-state index in [4.69, 9.17) is 23.2 Å². The number of nitro groups is 1. The van der Waals surface area contributed by atoms with Gasteiger partial charge in [0.05, 0.1) is 21.5 Å². The van der Waals surface area contributed by atoms with Gasteiger partial charge in [0.2, 0.25) is 5.91 Å². The average molecular weight is 423 g/mol. The number of hydrogen-bond donors (Lipinski definition) is 1. The molecule has 1 atom stereocenters. The highest BCUT2D eigenvalue weighted by molar-refractivity contribution is 6.42. The number of benzene rings is 1. The third-order valence-electron chi connectivity index (χ3n) is 4.03. The summed E-state index contributed by atoms with van der Waals surface area (Å²) in [6, 6.07) is 6.27. The lowest BCUT2D eigenvalue weighted by molar-refractivity contribution is -0.385. The van der Waals surface area contributed by atoms with Gasteiger partial charge in [0.15, 0.2) is 5.82 Å². The SMILES string of the molecule is CCC(C(=O)Nc1ccn(Cc2ccc(Cl)c(Cl)c2)n1)n1cc([N+](=O)[O-])cn1. The van der Waals surface area contributed by atoms with E-state index in [2.05, 4.69) is 15.5 Å². The second kappa shape index (κ2) is 8.41. The van der Waals surface area contributed by atoms with E-state index in [1.807, 2.05) is 6.07 Å². The maximum atomic E-state index is 12.5. The number of nitrogens with one attached hydrogen (secondary N) is 1. The number of nitrogens with zero attached hydrogens (tertiary/aromatic N) is 5. The number of anilines is 1. The maximum Gasteiger partial charge on any atom is 0.307 e. The van der Waals surface area contributed by atoms with E-state index in [1.165, 1.54) is 10.9 Å². The van der Waals surface area contributed by atoms with Crippen molar-refractivity contribution in [3.05, 3.63) is 68.6 Å². The Hall–Kier alpha value is -2.91. The molecule has 0 bridgehead atoms. The highest BCUT2D eigenvalue weighted by Crippen LogP contribution is 2.23. The van der Waals surface area contributed by atoms with Gasteiger partial charge in [0.1, 0.15) is 18.4 Å². The molecule has 0 saturated carbocycles. The summed E-state index contributed by atoms with van der Waals surface area (Å²) >= 11 is 11.9. The molecule has 0 aliphatic rings. The molecule has 9 nitrogen and oxygen atoms in total. The Kier molecular flexibility index (Phi) is 5.96. The van der Waals surface area contributed by atoms with Crippen LogP contribution in [-0.4, -0.2) is 30.4 Å². The van der Waals surface area contributed by atoms with E-state index in [1.54, 1.807) is 36.0 Å². The van der Waals surface area contributed by atoms with Crippen molar-refractivity contribution in [3.63, 3.8) is 0 Å². The number of hydrogen-bond acceptors (Lipinski definition) is 5. The molecule has 2 heterocycles. The lowest BCUT2D eigenvalue weighted by Crippen LogP contribution is -2.26. The average Bonchev–Trinajstić information content (AvgIpc) is 3.29. The number of rotatable bonds is 7. The van der Waals surface area contributed by atoms with Gasteiger partial charge in [-0.05, 0) is 24.1 Å². The first kappa shape index (κ1) is 19.8. The molecule has 0 radical (unpaired) electrons. The molecule has 1 N–H and O–H groups in total. The molecule has 0 spiro atoms. The molecule has 146 valence electrons. The third kappa shape index (κ3) is 4.49. The van der Waals surface area contributed by atoms with Crippen LogP contribution in [0, 0.1) is 10.1 Å². The molecule has 1 aromatic carbocycles. The van der Waals surface area contributed by atoms with Gasteiger partial charge < -0.3 is 5.32 Å². The van der Waals surface area contributed by atoms with Crippen LogP contribution in [0.1, 0.15) is 24.9 Å². The highest BCUT2D eigenvalue weighted by Gasteiger charge is 2.22. The van der Waals surface area contributed by atoms with E-state index in [-0.39, 0.29) is 11.6 Å². The summed E-state index contributed by atoms with van der Waals surface area (Å²) in [4.78, 5) is 22.8. The predicted molar refractivity (Wildman–Crippen MR) is 105 cm³/mol. The Morgan fingerprint density at radius 2 is 2.11 bits per heavy atom. The molecule has 28 heavy (non-hydrogen) atoms. The summed E-state index contributed by atoms with van der Waals surface area (Å²) in [5, 5.41) is 22.7. The zero-order valence-corrected chi connectivity index (χ0v) is 16.3. The molecule has 0 aliphatic carbocycles. The Morgan fingerprint density at radius 1 is 1.32 bits per heavy atom. The lowest BCUT2D eigenvalue weighted by Gasteiger charge is -2.14. The van der Waals surface area contributed by atoms with Crippen LogP contribution in [0.25, 0.3) is 0 Å². The number of carbonyl (C=O) groups excluding carboxylic acids is 1. The molecule has 3 rings (SSSR count). The van der Waals surface area contributed by atoms with Crippen LogP contribution in [0.3, 0.4) is 0 Å². The lowest BCUT2D eigenvalue weighted by atomic mass is 10.2. The monoisotopic (exact) mass is 422 g/mol. The smallest absolute Gasteiger partial charge is 0.307 e. The van der Waals surface area contributed by atoms with Crippen molar-refractivity contribution in [1.29, 1.82) is 0 Å². The third-order valence-corrected chi connectivity index (χ3v) is 4.77. The molecule has 0 fully saturated rings. The van der Waals surface area contributed by atoms with E-state index in [0.717, 1.165) is 11.8 Å². The number of carbonyl (C=O) groups is 1. The zero-order valence-electron chi connectivity index (χ0n) is 14.7. The fourth-order valence-corrected chi connectivity index (χ4v) is 2.96. The second-order valence-corrected chi connectivity index (χ2v) is 6.81.